The molecule has 0 spiro atoms. The van der Waals surface area contributed by atoms with Crippen LogP contribution in [0.2, 0.25) is 5.82 Å². The van der Waals surface area contributed by atoms with Crippen molar-refractivity contribution < 1.29 is 14.1 Å². The minimum absolute atomic E-state index is 0. The zero-order chi connectivity index (χ0) is 18.0. The van der Waals surface area contributed by atoms with Gasteiger partial charge in [0.2, 0.25) is 5.91 Å². The van der Waals surface area contributed by atoms with Crippen LogP contribution in [0.5, 0.6) is 0 Å². The van der Waals surface area contributed by atoms with Gasteiger partial charge in [0.15, 0.2) is 0 Å². The van der Waals surface area contributed by atoms with Gasteiger partial charge in [-0.2, -0.15) is 0 Å². The molecule has 6 heteroatoms. The highest BCUT2D eigenvalue weighted by Crippen LogP contribution is 2.43. The summed E-state index contributed by atoms with van der Waals surface area (Å²) in [6.07, 6.45) is 2.38. The maximum absolute atomic E-state index is 12.0. The molecule has 1 aliphatic heterocycles. The van der Waals surface area contributed by atoms with E-state index < -0.39 is 18.3 Å². The van der Waals surface area contributed by atoms with Crippen molar-refractivity contribution in [1.82, 2.24) is 0 Å². The molecule has 1 aromatic rings. The average molecular weight is 368 g/mol. The molecule has 2 N–H and O–H groups in total. The van der Waals surface area contributed by atoms with Crippen molar-refractivity contribution in [3.05, 3.63) is 35.9 Å². The van der Waals surface area contributed by atoms with Crippen molar-refractivity contribution in [2.24, 2.45) is 11.7 Å². The van der Waals surface area contributed by atoms with E-state index in [0.717, 1.165) is 12.8 Å². The van der Waals surface area contributed by atoms with Crippen molar-refractivity contribution in [3.8, 4) is 0 Å². The Bertz CT molecular complexity index is 549. The van der Waals surface area contributed by atoms with Gasteiger partial charge < -0.3 is 15.0 Å². The number of aryl methyl sites for hydroxylation is 1. The standard InChI is InChI=1S/C19H30BNO3.ClH/c1-6-15(17(21)22)16(13-12-14-10-8-7-9-11-14)20-23-18(2,3)19(4,5)24-20;/h7-11,15-16H,6,12-13H2,1-5H3,(H2,21,22);1H/t15?,16-;/m1./s1. The molecule has 0 aromatic heterocycles. The summed E-state index contributed by atoms with van der Waals surface area (Å²) in [5.74, 6) is -0.567. The van der Waals surface area contributed by atoms with Gasteiger partial charge >= 0.3 is 7.12 Å². The normalized spacial score (nSPS) is 20.6. The Morgan fingerprint density at radius 2 is 1.64 bits per heavy atom. The highest BCUT2D eigenvalue weighted by molar-refractivity contribution is 6.48. The first-order valence-corrected chi connectivity index (χ1v) is 8.87. The Balaban J connectivity index is 0.00000312. The number of benzene rings is 1. The molecule has 1 aliphatic rings. The van der Waals surface area contributed by atoms with Crippen LogP contribution >= 0.6 is 12.4 Å². The molecule has 1 aromatic carbocycles. The summed E-state index contributed by atoms with van der Waals surface area (Å²) in [6.45, 7) is 10.1. The van der Waals surface area contributed by atoms with E-state index in [0.29, 0.717) is 6.42 Å². The number of carbonyl (C=O) groups excluding carboxylic acids is 1. The molecular formula is C19H31BClNO3. The average Bonchev–Trinajstić information content (AvgIpc) is 2.72. The summed E-state index contributed by atoms with van der Waals surface area (Å²) in [6, 6.07) is 10.3. The van der Waals surface area contributed by atoms with Crippen LogP contribution < -0.4 is 5.73 Å². The monoisotopic (exact) mass is 367 g/mol. The molecule has 1 fully saturated rings. The van der Waals surface area contributed by atoms with Gasteiger partial charge in [0.25, 0.3) is 0 Å². The van der Waals surface area contributed by atoms with Crippen molar-refractivity contribution >= 4 is 25.4 Å². The molecule has 0 radical (unpaired) electrons. The molecule has 0 saturated carbocycles. The van der Waals surface area contributed by atoms with E-state index in [9.17, 15) is 4.79 Å². The lowest BCUT2D eigenvalue weighted by Crippen LogP contribution is -2.41. The Kier molecular flexibility index (Phi) is 7.54. The molecule has 2 rings (SSSR count). The summed E-state index contributed by atoms with van der Waals surface area (Å²) in [5.41, 5.74) is 6.11. The highest BCUT2D eigenvalue weighted by atomic mass is 35.5. The van der Waals surface area contributed by atoms with Crippen molar-refractivity contribution in [2.45, 2.75) is 70.9 Å². The van der Waals surface area contributed by atoms with Gasteiger partial charge in [0.05, 0.1) is 11.2 Å². The second kappa shape index (κ2) is 8.57. The number of hydrogen-bond donors (Lipinski definition) is 1. The number of amides is 1. The van der Waals surface area contributed by atoms with E-state index in [1.165, 1.54) is 5.56 Å². The predicted molar refractivity (Wildman–Crippen MR) is 105 cm³/mol. The van der Waals surface area contributed by atoms with Gasteiger partial charge in [-0.05, 0) is 52.5 Å². The van der Waals surface area contributed by atoms with Gasteiger partial charge in [-0.15, -0.1) is 12.4 Å². The quantitative estimate of drug-likeness (QED) is 0.740. The van der Waals surface area contributed by atoms with Gasteiger partial charge in [-0.25, -0.2) is 0 Å². The Morgan fingerprint density at radius 1 is 1.12 bits per heavy atom. The Morgan fingerprint density at radius 3 is 2.08 bits per heavy atom. The zero-order valence-corrected chi connectivity index (χ0v) is 16.8. The van der Waals surface area contributed by atoms with Crippen LogP contribution in [-0.2, 0) is 20.5 Å². The summed E-state index contributed by atoms with van der Waals surface area (Å²) in [7, 11) is -0.406. The fourth-order valence-corrected chi connectivity index (χ4v) is 3.28. The first-order chi connectivity index (χ1) is 11.2. The molecular weight excluding hydrogens is 336 g/mol. The molecule has 2 atom stereocenters. The number of halogens is 1. The maximum Gasteiger partial charge on any atom is 0.461 e. The SMILES string of the molecule is CCC(C(N)=O)[C@@H](CCc1ccccc1)B1OC(C)(C)C(C)(C)O1.Cl. The number of primary amides is 1. The molecule has 1 saturated heterocycles. The van der Waals surface area contributed by atoms with Crippen LogP contribution in [0.15, 0.2) is 30.3 Å². The summed E-state index contributed by atoms with van der Waals surface area (Å²) >= 11 is 0. The molecule has 25 heavy (non-hydrogen) atoms. The van der Waals surface area contributed by atoms with Crippen LogP contribution in [0.25, 0.3) is 0 Å². The van der Waals surface area contributed by atoms with Crippen LogP contribution in [0.3, 0.4) is 0 Å². The molecule has 140 valence electrons. The Hall–Kier alpha value is -1.04. The van der Waals surface area contributed by atoms with Crippen molar-refractivity contribution in [1.29, 1.82) is 0 Å². The first kappa shape index (κ1) is 22.0. The van der Waals surface area contributed by atoms with Gasteiger partial charge in [-0.1, -0.05) is 37.3 Å². The molecule has 0 bridgehead atoms. The first-order valence-electron chi connectivity index (χ1n) is 8.87. The topological polar surface area (TPSA) is 61.6 Å². The second-order valence-corrected chi connectivity index (χ2v) is 7.73. The molecule has 1 heterocycles. The van der Waals surface area contributed by atoms with Gasteiger partial charge in [-0.3, -0.25) is 4.79 Å². The van der Waals surface area contributed by atoms with Crippen LogP contribution in [0.1, 0.15) is 53.0 Å². The third kappa shape index (κ3) is 4.99. The van der Waals surface area contributed by atoms with Crippen LogP contribution in [0, 0.1) is 5.92 Å². The minimum Gasteiger partial charge on any atom is -0.403 e. The van der Waals surface area contributed by atoms with Crippen LogP contribution in [0.4, 0.5) is 0 Å². The van der Waals surface area contributed by atoms with Gasteiger partial charge in [0.1, 0.15) is 0 Å². The number of nitrogens with two attached hydrogens (primary N) is 1. The molecule has 4 nitrogen and oxygen atoms in total. The van der Waals surface area contributed by atoms with E-state index >= 15 is 0 Å². The maximum atomic E-state index is 12.0. The molecule has 1 unspecified atom stereocenters. The zero-order valence-electron chi connectivity index (χ0n) is 16.0. The minimum atomic E-state index is -0.406. The number of rotatable bonds is 7. The number of carbonyl (C=O) groups is 1. The van der Waals surface area contributed by atoms with E-state index in [1.54, 1.807) is 0 Å². The van der Waals surface area contributed by atoms with E-state index in [-0.39, 0.29) is 30.0 Å². The smallest absolute Gasteiger partial charge is 0.403 e. The highest BCUT2D eigenvalue weighted by Gasteiger charge is 2.55. The second-order valence-electron chi connectivity index (χ2n) is 7.73. The third-order valence-electron chi connectivity index (χ3n) is 5.55. The Labute approximate surface area is 158 Å². The lowest BCUT2D eigenvalue weighted by Gasteiger charge is -2.32. The third-order valence-corrected chi connectivity index (χ3v) is 5.55. The lowest BCUT2D eigenvalue weighted by molar-refractivity contribution is -0.122. The van der Waals surface area contributed by atoms with Crippen LogP contribution in [-0.4, -0.2) is 24.2 Å². The van der Waals surface area contributed by atoms with Crippen molar-refractivity contribution in [3.63, 3.8) is 0 Å². The fourth-order valence-electron chi connectivity index (χ4n) is 3.28. The largest absolute Gasteiger partial charge is 0.461 e. The van der Waals surface area contributed by atoms with Crippen molar-refractivity contribution in [2.75, 3.05) is 0 Å². The predicted octanol–water partition coefficient (Wildman–Crippen LogP) is 4.01. The molecule has 0 aliphatic carbocycles. The number of hydrogen-bond acceptors (Lipinski definition) is 3. The lowest BCUT2D eigenvalue weighted by atomic mass is 9.61. The fraction of sp³-hybridized carbons (Fsp3) is 0.632. The van der Waals surface area contributed by atoms with E-state index in [2.05, 4.69) is 12.1 Å². The summed E-state index contributed by atoms with van der Waals surface area (Å²) in [5, 5.41) is 0. The molecule has 1 amide bonds. The van der Waals surface area contributed by atoms with Gasteiger partial charge in [0, 0.05) is 11.7 Å². The van der Waals surface area contributed by atoms with E-state index in [1.807, 2.05) is 52.8 Å². The summed E-state index contributed by atoms with van der Waals surface area (Å²) in [4.78, 5) is 12.0. The summed E-state index contributed by atoms with van der Waals surface area (Å²) < 4.78 is 12.4. The van der Waals surface area contributed by atoms with E-state index in [4.69, 9.17) is 15.0 Å².